The second-order valence-electron chi connectivity index (χ2n) is 8.66. The minimum atomic E-state index is -0.613. The highest BCUT2D eigenvalue weighted by atomic mass is 35.5. The number of hydrogen-bond donors (Lipinski definition) is 1. The predicted molar refractivity (Wildman–Crippen MR) is 150 cm³/mol. The van der Waals surface area contributed by atoms with E-state index in [1.54, 1.807) is 43.5 Å². The van der Waals surface area contributed by atoms with E-state index in [-0.39, 0.29) is 17.2 Å². The summed E-state index contributed by atoms with van der Waals surface area (Å²) in [6, 6.07) is 17.6. The van der Waals surface area contributed by atoms with Gasteiger partial charge >= 0.3 is 5.97 Å². The molecule has 0 aromatic heterocycles. The lowest BCUT2D eigenvalue weighted by Crippen LogP contribution is -2.21. The van der Waals surface area contributed by atoms with E-state index < -0.39 is 11.9 Å². The zero-order valence-corrected chi connectivity index (χ0v) is 22.9. The summed E-state index contributed by atoms with van der Waals surface area (Å²) < 4.78 is 22.6. The van der Waals surface area contributed by atoms with Crippen molar-refractivity contribution in [3.05, 3.63) is 98.9 Å². The van der Waals surface area contributed by atoms with Crippen molar-refractivity contribution in [3.63, 3.8) is 0 Å². The van der Waals surface area contributed by atoms with E-state index in [1.165, 1.54) is 12.2 Å². The van der Waals surface area contributed by atoms with Gasteiger partial charge in [0.1, 0.15) is 23.1 Å². The van der Waals surface area contributed by atoms with Crippen LogP contribution in [0, 0.1) is 11.3 Å². The lowest BCUT2D eigenvalue weighted by Gasteiger charge is -2.27. The molecule has 0 aliphatic carbocycles. The summed E-state index contributed by atoms with van der Waals surface area (Å²) in [5.41, 5.74) is 8.48. The molecule has 0 saturated heterocycles. The number of benzene rings is 3. The number of rotatable bonds is 9. The molecule has 1 aliphatic heterocycles. The number of carbonyl (C=O) groups excluding carboxylic acids is 1. The molecular formula is C30H26Cl2N2O5. The monoisotopic (exact) mass is 564 g/mol. The average Bonchev–Trinajstić information content (AvgIpc) is 2.92. The SMILES string of the molecule is CCCCOc1ccc(C2C(C#N)=C(N)Oc3cc(OC(=O)/C=C/c4ccc(Cl)cc4Cl)ccc32)cc1OC. The molecule has 0 spiro atoms. The zero-order valence-electron chi connectivity index (χ0n) is 21.4. The van der Waals surface area contributed by atoms with E-state index in [1.807, 2.05) is 18.2 Å². The van der Waals surface area contributed by atoms with E-state index in [9.17, 15) is 10.1 Å². The summed E-state index contributed by atoms with van der Waals surface area (Å²) in [6.45, 7) is 2.67. The molecule has 200 valence electrons. The van der Waals surface area contributed by atoms with Gasteiger partial charge in [-0.05, 0) is 54.0 Å². The number of fused-ring (bicyclic) bond motifs is 1. The zero-order chi connectivity index (χ0) is 27.9. The summed E-state index contributed by atoms with van der Waals surface area (Å²) in [4.78, 5) is 12.5. The second-order valence-corrected chi connectivity index (χ2v) is 9.50. The molecule has 0 bridgehead atoms. The second kappa shape index (κ2) is 12.6. The molecule has 3 aromatic rings. The largest absolute Gasteiger partial charge is 0.493 e. The number of nitriles is 1. The highest BCUT2D eigenvalue weighted by Gasteiger charge is 2.31. The Hall–Kier alpha value is -4.12. The number of unbranched alkanes of at least 4 members (excludes halogenated alkanes) is 1. The van der Waals surface area contributed by atoms with E-state index in [2.05, 4.69) is 13.0 Å². The number of nitrogens with zero attached hydrogens (tertiary/aromatic N) is 1. The van der Waals surface area contributed by atoms with E-state index in [0.717, 1.165) is 18.4 Å². The molecule has 0 fully saturated rings. The number of halogens is 2. The topological polar surface area (TPSA) is 104 Å². The Balaban J connectivity index is 1.60. The van der Waals surface area contributed by atoms with Crippen LogP contribution in [-0.4, -0.2) is 19.7 Å². The lowest BCUT2D eigenvalue weighted by molar-refractivity contribution is -0.128. The number of carbonyl (C=O) groups is 1. The fourth-order valence-electron chi connectivity index (χ4n) is 4.10. The van der Waals surface area contributed by atoms with Gasteiger partial charge in [0.2, 0.25) is 5.88 Å². The van der Waals surface area contributed by atoms with Gasteiger partial charge < -0.3 is 24.7 Å². The first kappa shape index (κ1) is 27.9. The van der Waals surface area contributed by atoms with Gasteiger partial charge in [-0.1, -0.05) is 54.7 Å². The Labute approximate surface area is 236 Å². The third-order valence-electron chi connectivity index (χ3n) is 6.05. The first-order valence-corrected chi connectivity index (χ1v) is 13.0. The smallest absolute Gasteiger partial charge is 0.336 e. The predicted octanol–water partition coefficient (Wildman–Crippen LogP) is 7.02. The van der Waals surface area contributed by atoms with Gasteiger partial charge in [-0.15, -0.1) is 0 Å². The van der Waals surface area contributed by atoms with Crippen LogP contribution in [0.15, 0.2) is 72.1 Å². The maximum absolute atomic E-state index is 12.5. The Morgan fingerprint density at radius 2 is 1.95 bits per heavy atom. The van der Waals surface area contributed by atoms with Gasteiger partial charge in [0.15, 0.2) is 11.5 Å². The molecule has 0 amide bonds. The average molecular weight is 565 g/mol. The third-order valence-corrected chi connectivity index (χ3v) is 6.61. The summed E-state index contributed by atoms with van der Waals surface area (Å²) in [7, 11) is 1.56. The molecule has 0 saturated carbocycles. The maximum atomic E-state index is 12.5. The Morgan fingerprint density at radius 3 is 2.67 bits per heavy atom. The third kappa shape index (κ3) is 6.48. The van der Waals surface area contributed by atoms with Crippen molar-refractivity contribution in [1.29, 1.82) is 5.26 Å². The van der Waals surface area contributed by atoms with Crippen LogP contribution >= 0.6 is 23.2 Å². The van der Waals surface area contributed by atoms with Gasteiger partial charge in [0.05, 0.1) is 19.6 Å². The maximum Gasteiger partial charge on any atom is 0.336 e. The quantitative estimate of drug-likeness (QED) is 0.129. The molecule has 1 heterocycles. The first-order chi connectivity index (χ1) is 18.8. The minimum Gasteiger partial charge on any atom is -0.493 e. The molecule has 4 rings (SSSR count). The Bertz CT molecular complexity index is 1490. The molecule has 0 radical (unpaired) electrons. The van der Waals surface area contributed by atoms with Crippen molar-refractivity contribution in [2.24, 2.45) is 5.73 Å². The summed E-state index contributed by atoms with van der Waals surface area (Å²) in [5, 5.41) is 10.8. The summed E-state index contributed by atoms with van der Waals surface area (Å²) in [6.07, 6.45) is 4.73. The van der Waals surface area contributed by atoms with Gasteiger partial charge in [0.25, 0.3) is 0 Å². The van der Waals surface area contributed by atoms with Gasteiger partial charge in [-0.2, -0.15) is 5.26 Å². The fourth-order valence-corrected chi connectivity index (χ4v) is 4.57. The molecule has 39 heavy (non-hydrogen) atoms. The number of ether oxygens (including phenoxy) is 4. The Kier molecular flexibility index (Phi) is 9.03. The van der Waals surface area contributed by atoms with Crippen LogP contribution in [0.3, 0.4) is 0 Å². The standard InChI is InChI=1S/C30H26Cl2N2O5/c1-3-4-13-37-25-11-6-19(14-27(25)36-2)29-22-10-9-21(16-26(22)39-30(34)23(29)17-33)38-28(35)12-7-18-5-8-20(31)15-24(18)32/h5-12,14-16,29H,3-4,13,34H2,1-2H3/b12-7+. The van der Waals surface area contributed by atoms with Crippen molar-refractivity contribution in [3.8, 4) is 29.1 Å². The van der Waals surface area contributed by atoms with Crippen molar-refractivity contribution >= 4 is 35.2 Å². The van der Waals surface area contributed by atoms with E-state index >= 15 is 0 Å². The van der Waals surface area contributed by atoms with Crippen LogP contribution in [0.2, 0.25) is 10.0 Å². The normalized spacial score (nSPS) is 14.4. The summed E-state index contributed by atoms with van der Waals surface area (Å²) in [5.74, 6) is 0.617. The van der Waals surface area contributed by atoms with Crippen LogP contribution in [0.4, 0.5) is 0 Å². The number of esters is 1. The van der Waals surface area contributed by atoms with Gasteiger partial charge in [0, 0.05) is 27.8 Å². The molecule has 2 N–H and O–H groups in total. The highest BCUT2D eigenvalue weighted by Crippen LogP contribution is 2.45. The first-order valence-electron chi connectivity index (χ1n) is 12.2. The lowest BCUT2D eigenvalue weighted by atomic mass is 9.83. The molecule has 3 aromatic carbocycles. The van der Waals surface area contributed by atoms with Gasteiger partial charge in [-0.25, -0.2) is 4.79 Å². The molecule has 9 heteroatoms. The molecule has 7 nitrogen and oxygen atoms in total. The highest BCUT2D eigenvalue weighted by molar-refractivity contribution is 6.35. The van der Waals surface area contributed by atoms with Crippen LogP contribution in [0.1, 0.15) is 42.4 Å². The summed E-state index contributed by atoms with van der Waals surface area (Å²) >= 11 is 12.1. The van der Waals surface area contributed by atoms with Crippen LogP contribution in [0.5, 0.6) is 23.0 Å². The van der Waals surface area contributed by atoms with E-state index in [0.29, 0.717) is 45.0 Å². The number of methoxy groups -OCH3 is 1. The molecule has 1 aliphatic rings. The number of allylic oxidation sites excluding steroid dienone is 1. The van der Waals surface area contributed by atoms with Crippen molar-refractivity contribution in [2.45, 2.75) is 25.7 Å². The van der Waals surface area contributed by atoms with Crippen LogP contribution in [-0.2, 0) is 4.79 Å². The van der Waals surface area contributed by atoms with Crippen molar-refractivity contribution in [1.82, 2.24) is 0 Å². The van der Waals surface area contributed by atoms with Gasteiger partial charge in [-0.3, -0.25) is 0 Å². The fraction of sp³-hybridized carbons (Fsp3) is 0.200. The van der Waals surface area contributed by atoms with Crippen molar-refractivity contribution < 1.29 is 23.7 Å². The molecule has 1 unspecified atom stereocenters. The molecular weight excluding hydrogens is 539 g/mol. The number of nitrogens with two attached hydrogens (primary N) is 1. The van der Waals surface area contributed by atoms with Crippen LogP contribution < -0.4 is 24.7 Å². The Morgan fingerprint density at radius 1 is 1.13 bits per heavy atom. The van der Waals surface area contributed by atoms with E-state index in [4.69, 9.17) is 47.9 Å². The van der Waals surface area contributed by atoms with Crippen LogP contribution in [0.25, 0.3) is 6.08 Å². The number of hydrogen-bond acceptors (Lipinski definition) is 7. The molecule has 1 atom stereocenters. The van der Waals surface area contributed by atoms with Crippen molar-refractivity contribution in [2.75, 3.05) is 13.7 Å². The minimum absolute atomic E-state index is 0.0296.